The molecule has 2 aromatic carbocycles. The zero-order chi connectivity index (χ0) is 24.7. The van der Waals surface area contributed by atoms with Crippen molar-refractivity contribution in [3.63, 3.8) is 0 Å². The highest BCUT2D eigenvalue weighted by atomic mass is 19.4. The van der Waals surface area contributed by atoms with Crippen molar-refractivity contribution < 1.29 is 27.5 Å². The molecule has 1 heterocycles. The van der Waals surface area contributed by atoms with Crippen LogP contribution in [0.25, 0.3) is 11.0 Å². The Morgan fingerprint density at radius 3 is 2.56 bits per heavy atom. The van der Waals surface area contributed by atoms with Crippen LogP contribution in [0.4, 0.5) is 13.2 Å². The molecule has 0 aliphatic carbocycles. The SMILES string of the molecule is C=CCNC(=O)COC(=O)CCc1nc2cc(C(F)(F)F)ccc2n(Cc2ccccc2)c1=O. The van der Waals surface area contributed by atoms with E-state index in [1.165, 1.54) is 16.7 Å². The Labute approximate surface area is 192 Å². The summed E-state index contributed by atoms with van der Waals surface area (Å²) in [5.41, 5.74) is -0.491. The molecule has 3 aromatic rings. The Balaban J connectivity index is 1.88. The number of nitrogens with one attached hydrogen (secondary N) is 1. The summed E-state index contributed by atoms with van der Waals surface area (Å²) in [5, 5.41) is 2.45. The molecule has 0 aliphatic heterocycles. The van der Waals surface area contributed by atoms with Crippen LogP contribution in [0.5, 0.6) is 0 Å². The molecule has 34 heavy (non-hydrogen) atoms. The largest absolute Gasteiger partial charge is 0.456 e. The topological polar surface area (TPSA) is 90.3 Å². The normalized spacial score (nSPS) is 11.3. The smallest absolute Gasteiger partial charge is 0.416 e. The van der Waals surface area contributed by atoms with Crippen LogP contribution in [0.15, 0.2) is 66.0 Å². The third kappa shape index (κ3) is 6.31. The van der Waals surface area contributed by atoms with Gasteiger partial charge in [0.1, 0.15) is 5.69 Å². The van der Waals surface area contributed by atoms with Crippen LogP contribution < -0.4 is 10.9 Å². The quantitative estimate of drug-likeness (QED) is 0.381. The van der Waals surface area contributed by atoms with Gasteiger partial charge in [0, 0.05) is 13.0 Å². The van der Waals surface area contributed by atoms with Gasteiger partial charge in [0.15, 0.2) is 6.61 Å². The Bertz CT molecular complexity index is 1250. The number of aromatic nitrogens is 2. The molecule has 1 N–H and O–H groups in total. The van der Waals surface area contributed by atoms with Crippen LogP contribution >= 0.6 is 0 Å². The standard InChI is InChI=1S/C24H22F3N3O4/c1-2-12-28-21(31)15-34-22(32)11-9-18-23(33)30(14-16-6-4-3-5-7-16)20-10-8-17(24(25,26)27)13-19(20)29-18/h2-8,10,13H,1,9,11-12,14-15H2,(H,28,31). The number of hydrogen-bond donors (Lipinski definition) is 1. The van der Waals surface area contributed by atoms with E-state index in [0.29, 0.717) is 0 Å². The molecule has 1 aromatic heterocycles. The molecule has 0 saturated heterocycles. The number of rotatable bonds is 9. The number of carbonyl (C=O) groups is 2. The van der Waals surface area contributed by atoms with E-state index in [1.807, 2.05) is 0 Å². The summed E-state index contributed by atoms with van der Waals surface area (Å²) < 4.78 is 45.9. The molecule has 0 aliphatic rings. The predicted molar refractivity (Wildman–Crippen MR) is 119 cm³/mol. The molecule has 0 fully saturated rings. The maximum Gasteiger partial charge on any atom is 0.416 e. The molecular weight excluding hydrogens is 451 g/mol. The minimum atomic E-state index is -4.58. The third-order valence-corrected chi connectivity index (χ3v) is 4.90. The van der Waals surface area contributed by atoms with E-state index in [4.69, 9.17) is 4.74 Å². The summed E-state index contributed by atoms with van der Waals surface area (Å²) in [6, 6.07) is 12.0. The molecule has 0 saturated carbocycles. The van der Waals surface area contributed by atoms with Gasteiger partial charge in [-0.1, -0.05) is 36.4 Å². The second-order valence-electron chi connectivity index (χ2n) is 7.39. The highest BCUT2D eigenvalue weighted by molar-refractivity contribution is 5.80. The number of alkyl halides is 3. The fourth-order valence-corrected chi connectivity index (χ4v) is 3.24. The molecule has 0 spiro atoms. The summed E-state index contributed by atoms with van der Waals surface area (Å²) in [6.45, 7) is 3.29. The van der Waals surface area contributed by atoms with Crippen molar-refractivity contribution in [3.05, 3.63) is 88.4 Å². The van der Waals surface area contributed by atoms with Gasteiger partial charge in [0.05, 0.1) is 29.6 Å². The summed E-state index contributed by atoms with van der Waals surface area (Å²) in [7, 11) is 0. The summed E-state index contributed by atoms with van der Waals surface area (Å²) in [4.78, 5) is 40.8. The molecule has 0 atom stereocenters. The van der Waals surface area contributed by atoms with Crippen LogP contribution in [0.2, 0.25) is 0 Å². The third-order valence-electron chi connectivity index (χ3n) is 4.90. The number of esters is 1. The fraction of sp³-hybridized carbons (Fsp3) is 0.250. The van der Waals surface area contributed by atoms with Crippen LogP contribution in [-0.2, 0) is 33.5 Å². The van der Waals surface area contributed by atoms with Crippen LogP contribution in [0.1, 0.15) is 23.2 Å². The predicted octanol–water partition coefficient (Wildman–Crippen LogP) is 3.24. The molecule has 178 valence electrons. The van der Waals surface area contributed by atoms with Gasteiger partial charge < -0.3 is 14.6 Å². The lowest BCUT2D eigenvalue weighted by Crippen LogP contribution is -2.29. The molecule has 7 nitrogen and oxygen atoms in total. The number of benzene rings is 2. The molecule has 3 rings (SSSR count). The van der Waals surface area contributed by atoms with Gasteiger partial charge in [0.2, 0.25) is 0 Å². The Morgan fingerprint density at radius 1 is 1.15 bits per heavy atom. The van der Waals surface area contributed by atoms with E-state index in [9.17, 15) is 27.6 Å². The van der Waals surface area contributed by atoms with Crippen molar-refractivity contribution in [2.75, 3.05) is 13.2 Å². The number of amides is 1. The van der Waals surface area contributed by atoms with Gasteiger partial charge in [-0.25, -0.2) is 4.98 Å². The Kier molecular flexibility index (Phi) is 7.83. The number of fused-ring (bicyclic) bond motifs is 1. The minimum Gasteiger partial charge on any atom is -0.456 e. The number of nitrogens with zero attached hydrogens (tertiary/aromatic N) is 2. The van der Waals surface area contributed by atoms with E-state index >= 15 is 0 Å². The van der Waals surface area contributed by atoms with E-state index in [-0.39, 0.29) is 42.7 Å². The lowest BCUT2D eigenvalue weighted by molar-refractivity contribution is -0.148. The fourth-order valence-electron chi connectivity index (χ4n) is 3.24. The number of carbonyl (C=O) groups excluding carboxylic acids is 2. The van der Waals surface area contributed by atoms with E-state index < -0.39 is 35.8 Å². The summed E-state index contributed by atoms with van der Waals surface area (Å²) in [5.74, 6) is -1.25. The average Bonchev–Trinajstić information content (AvgIpc) is 2.81. The first-order valence-electron chi connectivity index (χ1n) is 10.4. The van der Waals surface area contributed by atoms with Crippen molar-refractivity contribution in [3.8, 4) is 0 Å². The van der Waals surface area contributed by atoms with Gasteiger partial charge >= 0.3 is 12.1 Å². The maximum atomic E-state index is 13.2. The highest BCUT2D eigenvalue weighted by Gasteiger charge is 2.31. The van der Waals surface area contributed by atoms with Crippen molar-refractivity contribution in [2.24, 2.45) is 0 Å². The molecule has 0 bridgehead atoms. The molecule has 1 amide bonds. The number of ether oxygens (including phenoxy) is 1. The number of halogens is 3. The van der Waals surface area contributed by atoms with Gasteiger partial charge in [-0.05, 0) is 23.8 Å². The second kappa shape index (κ2) is 10.8. The molecular formula is C24H22F3N3O4. The highest BCUT2D eigenvalue weighted by Crippen LogP contribution is 2.31. The lowest BCUT2D eigenvalue weighted by atomic mass is 10.1. The zero-order valence-corrected chi connectivity index (χ0v) is 18.1. The van der Waals surface area contributed by atoms with Crippen LogP contribution in [0.3, 0.4) is 0 Å². The van der Waals surface area contributed by atoms with Gasteiger partial charge in [0.25, 0.3) is 11.5 Å². The van der Waals surface area contributed by atoms with Gasteiger partial charge in [-0.3, -0.25) is 14.4 Å². The Hall–Kier alpha value is -3.95. The molecule has 10 heteroatoms. The second-order valence-corrected chi connectivity index (χ2v) is 7.39. The first-order valence-corrected chi connectivity index (χ1v) is 10.4. The number of hydrogen-bond acceptors (Lipinski definition) is 5. The first-order chi connectivity index (χ1) is 16.2. The van der Waals surface area contributed by atoms with Crippen LogP contribution in [-0.4, -0.2) is 34.6 Å². The minimum absolute atomic E-state index is 0.0162. The maximum absolute atomic E-state index is 13.2. The van der Waals surface area contributed by atoms with Crippen molar-refractivity contribution >= 4 is 22.9 Å². The van der Waals surface area contributed by atoms with Crippen molar-refractivity contribution in [2.45, 2.75) is 25.6 Å². The average molecular weight is 473 g/mol. The summed E-state index contributed by atoms with van der Waals surface area (Å²) >= 11 is 0. The molecule has 0 radical (unpaired) electrons. The van der Waals surface area contributed by atoms with Gasteiger partial charge in [-0.15, -0.1) is 6.58 Å². The Morgan fingerprint density at radius 2 is 1.88 bits per heavy atom. The van der Waals surface area contributed by atoms with Gasteiger partial charge in [-0.2, -0.15) is 13.2 Å². The molecule has 0 unspecified atom stereocenters. The van der Waals surface area contributed by atoms with E-state index in [2.05, 4.69) is 16.9 Å². The van der Waals surface area contributed by atoms with E-state index in [1.54, 1.807) is 30.3 Å². The van der Waals surface area contributed by atoms with Crippen molar-refractivity contribution in [1.29, 1.82) is 0 Å². The lowest BCUT2D eigenvalue weighted by Gasteiger charge is -2.14. The van der Waals surface area contributed by atoms with Crippen LogP contribution in [0, 0.1) is 0 Å². The summed E-state index contributed by atoms with van der Waals surface area (Å²) in [6.07, 6.45) is -3.54. The monoisotopic (exact) mass is 473 g/mol. The zero-order valence-electron chi connectivity index (χ0n) is 18.1. The van der Waals surface area contributed by atoms with Crippen molar-refractivity contribution in [1.82, 2.24) is 14.9 Å². The first kappa shape index (κ1) is 24.7. The van der Waals surface area contributed by atoms with E-state index in [0.717, 1.165) is 17.7 Å². The number of aryl methyl sites for hydroxylation is 1.